The van der Waals surface area contributed by atoms with Crippen LogP contribution >= 0.6 is 0 Å². The normalized spacial score (nSPS) is 14.9. The molecule has 0 aliphatic heterocycles. The van der Waals surface area contributed by atoms with E-state index in [0.29, 0.717) is 12.0 Å². The maximum atomic E-state index is 4.41. The maximum absolute atomic E-state index is 4.41. The molecule has 0 aliphatic rings. The average molecular weight is 210 g/mol. The van der Waals surface area contributed by atoms with Gasteiger partial charge in [0.05, 0.1) is 0 Å². The third kappa shape index (κ3) is 7.32. The fraction of sp³-hybridized carbons (Fsp3) is 0.769. The lowest BCUT2D eigenvalue weighted by molar-refractivity contribution is 0.239. The highest BCUT2D eigenvalue weighted by atomic mass is 15.1. The van der Waals surface area contributed by atoms with Crippen molar-refractivity contribution in [3.63, 3.8) is 0 Å². The van der Waals surface area contributed by atoms with Gasteiger partial charge in [-0.15, -0.1) is 0 Å². The van der Waals surface area contributed by atoms with Crippen molar-refractivity contribution in [2.75, 3.05) is 20.6 Å². The maximum Gasteiger partial charge on any atom is 0.0419 e. The second-order valence-corrected chi connectivity index (χ2v) is 4.46. The standard InChI is InChI=1S/C13H26N2/c1-6-7-8-10-14-11-9-13(12(2)3)15(4)5/h6-7,11-13H,8-10H2,1-5H3. The van der Waals surface area contributed by atoms with Crippen molar-refractivity contribution in [3.8, 4) is 0 Å². The van der Waals surface area contributed by atoms with Crippen LogP contribution in [0.5, 0.6) is 0 Å². The summed E-state index contributed by atoms with van der Waals surface area (Å²) in [4.78, 5) is 6.69. The van der Waals surface area contributed by atoms with Crippen LogP contribution in [0.2, 0.25) is 0 Å². The molecule has 88 valence electrons. The molecule has 0 spiro atoms. The number of rotatable bonds is 7. The molecule has 0 amide bonds. The van der Waals surface area contributed by atoms with E-state index in [1.807, 2.05) is 6.92 Å². The van der Waals surface area contributed by atoms with Crippen LogP contribution in [0.25, 0.3) is 0 Å². The van der Waals surface area contributed by atoms with Gasteiger partial charge >= 0.3 is 0 Å². The Bertz CT molecular complexity index is 185. The fourth-order valence-electron chi connectivity index (χ4n) is 1.67. The molecular formula is C13H26N2. The van der Waals surface area contributed by atoms with E-state index in [1.54, 1.807) is 0 Å². The van der Waals surface area contributed by atoms with Crippen molar-refractivity contribution < 1.29 is 0 Å². The Morgan fingerprint density at radius 1 is 1.27 bits per heavy atom. The molecule has 0 aliphatic carbocycles. The van der Waals surface area contributed by atoms with Crippen LogP contribution in [0.15, 0.2) is 17.1 Å². The highest BCUT2D eigenvalue weighted by Crippen LogP contribution is 2.09. The molecule has 0 bridgehead atoms. The quantitative estimate of drug-likeness (QED) is 0.358. The largest absolute Gasteiger partial charge is 0.306 e. The Balaban J connectivity index is 3.79. The Hall–Kier alpha value is -0.630. The molecule has 0 fully saturated rings. The zero-order valence-corrected chi connectivity index (χ0v) is 10.9. The van der Waals surface area contributed by atoms with E-state index in [2.05, 4.69) is 56.2 Å². The SMILES string of the molecule is CC=CCCN=CCC(C(C)C)N(C)C. The number of allylic oxidation sites excluding steroid dienone is 1. The van der Waals surface area contributed by atoms with E-state index in [4.69, 9.17) is 0 Å². The number of nitrogens with zero attached hydrogens (tertiary/aromatic N) is 2. The first-order valence-electron chi connectivity index (χ1n) is 5.85. The van der Waals surface area contributed by atoms with Crippen molar-refractivity contribution in [1.29, 1.82) is 0 Å². The van der Waals surface area contributed by atoms with Gasteiger partial charge in [-0.05, 0) is 39.8 Å². The molecule has 0 aromatic heterocycles. The molecule has 0 heterocycles. The summed E-state index contributed by atoms with van der Waals surface area (Å²) in [6.45, 7) is 7.49. The van der Waals surface area contributed by atoms with Gasteiger partial charge in [-0.3, -0.25) is 4.99 Å². The minimum Gasteiger partial charge on any atom is -0.306 e. The molecule has 0 N–H and O–H groups in total. The Morgan fingerprint density at radius 3 is 2.40 bits per heavy atom. The van der Waals surface area contributed by atoms with Crippen molar-refractivity contribution >= 4 is 6.21 Å². The van der Waals surface area contributed by atoms with Gasteiger partial charge in [-0.2, -0.15) is 0 Å². The molecule has 0 saturated heterocycles. The molecule has 0 rings (SSSR count). The monoisotopic (exact) mass is 210 g/mol. The lowest BCUT2D eigenvalue weighted by Gasteiger charge is -2.26. The van der Waals surface area contributed by atoms with Gasteiger partial charge in [-0.25, -0.2) is 0 Å². The molecule has 0 aromatic carbocycles. The summed E-state index contributed by atoms with van der Waals surface area (Å²) in [5, 5.41) is 0. The van der Waals surface area contributed by atoms with Crippen LogP contribution in [0.1, 0.15) is 33.6 Å². The van der Waals surface area contributed by atoms with Gasteiger partial charge in [0.2, 0.25) is 0 Å². The molecule has 15 heavy (non-hydrogen) atoms. The first-order chi connectivity index (χ1) is 7.09. The van der Waals surface area contributed by atoms with E-state index in [-0.39, 0.29) is 0 Å². The number of hydrogen-bond donors (Lipinski definition) is 0. The summed E-state index contributed by atoms with van der Waals surface area (Å²) in [7, 11) is 4.27. The van der Waals surface area contributed by atoms with Gasteiger partial charge in [0, 0.05) is 18.8 Å². The predicted molar refractivity (Wildman–Crippen MR) is 69.7 cm³/mol. The summed E-state index contributed by atoms with van der Waals surface area (Å²) in [6, 6.07) is 0.607. The molecule has 2 heteroatoms. The second-order valence-electron chi connectivity index (χ2n) is 4.46. The number of hydrogen-bond acceptors (Lipinski definition) is 2. The average Bonchev–Trinajstić information content (AvgIpc) is 2.15. The van der Waals surface area contributed by atoms with E-state index in [9.17, 15) is 0 Å². The summed E-state index contributed by atoms with van der Waals surface area (Å²) in [5.74, 6) is 0.682. The van der Waals surface area contributed by atoms with Crippen LogP contribution in [0.4, 0.5) is 0 Å². The van der Waals surface area contributed by atoms with Crippen LogP contribution in [0.3, 0.4) is 0 Å². The lowest BCUT2D eigenvalue weighted by atomic mass is 10.0. The molecule has 2 nitrogen and oxygen atoms in total. The first kappa shape index (κ1) is 14.4. The molecule has 0 saturated carbocycles. The molecule has 1 atom stereocenters. The molecule has 0 radical (unpaired) electrons. The Labute approximate surface area is 95.1 Å². The van der Waals surface area contributed by atoms with E-state index >= 15 is 0 Å². The smallest absolute Gasteiger partial charge is 0.0419 e. The van der Waals surface area contributed by atoms with E-state index < -0.39 is 0 Å². The molecule has 1 unspecified atom stereocenters. The van der Waals surface area contributed by atoms with Gasteiger partial charge in [-0.1, -0.05) is 26.0 Å². The van der Waals surface area contributed by atoms with Gasteiger partial charge < -0.3 is 4.90 Å². The third-order valence-corrected chi connectivity index (χ3v) is 2.57. The highest BCUT2D eigenvalue weighted by molar-refractivity contribution is 5.58. The van der Waals surface area contributed by atoms with Crippen LogP contribution < -0.4 is 0 Å². The fourth-order valence-corrected chi connectivity index (χ4v) is 1.67. The highest BCUT2D eigenvalue weighted by Gasteiger charge is 2.13. The van der Waals surface area contributed by atoms with Crippen molar-refractivity contribution in [1.82, 2.24) is 4.90 Å². The second kappa shape index (κ2) is 8.66. The predicted octanol–water partition coefficient (Wildman–Crippen LogP) is 3.00. The van der Waals surface area contributed by atoms with E-state index in [0.717, 1.165) is 19.4 Å². The number of aliphatic imine (C=N–C) groups is 1. The van der Waals surface area contributed by atoms with Crippen molar-refractivity contribution in [3.05, 3.63) is 12.2 Å². The minimum atomic E-state index is 0.607. The summed E-state index contributed by atoms with van der Waals surface area (Å²) < 4.78 is 0. The van der Waals surface area contributed by atoms with Gasteiger partial charge in [0.25, 0.3) is 0 Å². The lowest BCUT2D eigenvalue weighted by Crippen LogP contribution is -2.33. The zero-order chi connectivity index (χ0) is 11.7. The molecule has 0 aromatic rings. The first-order valence-corrected chi connectivity index (χ1v) is 5.85. The molecular weight excluding hydrogens is 184 g/mol. The summed E-state index contributed by atoms with van der Waals surface area (Å²) in [5.41, 5.74) is 0. The van der Waals surface area contributed by atoms with Gasteiger partial charge in [0.1, 0.15) is 0 Å². The summed E-state index contributed by atoms with van der Waals surface area (Å²) >= 11 is 0. The summed E-state index contributed by atoms with van der Waals surface area (Å²) in [6.07, 6.45) is 8.42. The van der Waals surface area contributed by atoms with Crippen LogP contribution in [-0.4, -0.2) is 37.8 Å². The van der Waals surface area contributed by atoms with Crippen molar-refractivity contribution in [2.45, 2.75) is 39.7 Å². The third-order valence-electron chi connectivity index (χ3n) is 2.57. The van der Waals surface area contributed by atoms with E-state index in [1.165, 1.54) is 0 Å². The topological polar surface area (TPSA) is 15.6 Å². The Morgan fingerprint density at radius 2 is 1.93 bits per heavy atom. The van der Waals surface area contributed by atoms with Crippen LogP contribution in [-0.2, 0) is 0 Å². The minimum absolute atomic E-state index is 0.607. The Kier molecular flexibility index (Phi) is 8.30. The van der Waals surface area contributed by atoms with Gasteiger partial charge in [0.15, 0.2) is 0 Å². The van der Waals surface area contributed by atoms with Crippen molar-refractivity contribution in [2.24, 2.45) is 10.9 Å². The zero-order valence-electron chi connectivity index (χ0n) is 10.9. The van der Waals surface area contributed by atoms with Crippen LogP contribution in [0, 0.1) is 5.92 Å².